The van der Waals surface area contributed by atoms with Crippen molar-refractivity contribution in [3.63, 3.8) is 0 Å². The first kappa shape index (κ1) is 17.8. The number of amides is 1. The van der Waals surface area contributed by atoms with Crippen molar-refractivity contribution in [3.05, 3.63) is 33.3 Å². The third kappa shape index (κ3) is 3.21. The van der Waals surface area contributed by atoms with Gasteiger partial charge >= 0.3 is 0 Å². The normalized spacial score (nSPS) is 16.8. The van der Waals surface area contributed by atoms with Gasteiger partial charge in [-0.15, -0.1) is 17.9 Å². The molecule has 6 nitrogen and oxygen atoms in total. The van der Waals surface area contributed by atoms with Gasteiger partial charge in [0.1, 0.15) is 10.3 Å². The zero-order chi connectivity index (χ0) is 18.1. The molecule has 0 N–H and O–H groups in total. The molecule has 0 spiro atoms. The molecule has 3 heterocycles. The van der Waals surface area contributed by atoms with Gasteiger partial charge in [0, 0.05) is 30.1 Å². The van der Waals surface area contributed by atoms with Crippen LogP contribution in [0.5, 0.6) is 0 Å². The zero-order valence-corrected chi connectivity index (χ0v) is 16.2. The molecule has 2 aromatic rings. The Kier molecular flexibility index (Phi) is 5.15. The summed E-state index contributed by atoms with van der Waals surface area (Å²) in [5.41, 5.74) is 1.54. The number of imidazole rings is 1. The lowest BCUT2D eigenvalue weighted by atomic mass is 10.2. The molecule has 138 valence electrons. The first-order valence-corrected chi connectivity index (χ1v) is 10.6. The Morgan fingerprint density at radius 2 is 2.15 bits per heavy atom. The lowest BCUT2D eigenvalue weighted by molar-refractivity contribution is -0.132. The fourth-order valence-corrected chi connectivity index (χ4v) is 5.70. The maximum absolute atomic E-state index is 12.8. The molecule has 0 saturated carbocycles. The molecular formula is C18H21N3O3S2. The van der Waals surface area contributed by atoms with E-state index in [0.717, 1.165) is 34.8 Å². The monoisotopic (exact) mass is 391 g/mol. The van der Waals surface area contributed by atoms with Crippen molar-refractivity contribution in [2.75, 3.05) is 32.1 Å². The minimum absolute atomic E-state index is 0.0652. The number of hydrogen-bond acceptors (Lipinski definition) is 6. The Balaban J connectivity index is 1.63. The molecule has 1 saturated heterocycles. The first-order chi connectivity index (χ1) is 12.7. The lowest BCUT2D eigenvalue weighted by Gasteiger charge is -2.26. The number of carbonyl (C=O) groups is 1. The molecular weight excluding hydrogens is 370 g/mol. The Hall–Kier alpha value is -1.64. The van der Waals surface area contributed by atoms with E-state index in [1.165, 1.54) is 16.6 Å². The van der Waals surface area contributed by atoms with Gasteiger partial charge in [-0.3, -0.25) is 9.59 Å². The highest BCUT2D eigenvalue weighted by molar-refractivity contribution is 7.99. The number of nitrogens with zero attached hydrogens (tertiary/aromatic N) is 3. The molecule has 2 aromatic heterocycles. The molecule has 1 fully saturated rings. The predicted octanol–water partition coefficient (Wildman–Crippen LogP) is 2.08. The number of aromatic nitrogens is 2. The topological polar surface area (TPSA) is 64.4 Å². The van der Waals surface area contributed by atoms with Crippen molar-refractivity contribution < 1.29 is 9.53 Å². The summed E-state index contributed by atoms with van der Waals surface area (Å²) < 4.78 is 7.31. The van der Waals surface area contributed by atoms with E-state index in [1.54, 1.807) is 17.4 Å². The molecule has 8 heteroatoms. The zero-order valence-electron chi connectivity index (χ0n) is 14.5. The summed E-state index contributed by atoms with van der Waals surface area (Å²) in [6, 6.07) is 0. The largest absolute Gasteiger partial charge is 0.378 e. The van der Waals surface area contributed by atoms with Crippen LogP contribution in [-0.4, -0.2) is 52.4 Å². The van der Waals surface area contributed by atoms with Crippen molar-refractivity contribution in [2.45, 2.75) is 31.0 Å². The Morgan fingerprint density at radius 3 is 2.92 bits per heavy atom. The maximum Gasteiger partial charge on any atom is 0.233 e. The molecule has 4 rings (SSSR count). The SMILES string of the molecule is C=CCn1c(SCC(=O)N2CCOCC2)nc2c(=O)c3c(sc21)CCC3. The van der Waals surface area contributed by atoms with E-state index in [9.17, 15) is 9.59 Å². The minimum atomic E-state index is 0.0652. The molecule has 1 amide bonds. The highest BCUT2D eigenvalue weighted by Gasteiger charge is 2.23. The highest BCUT2D eigenvalue weighted by Crippen LogP contribution is 2.31. The van der Waals surface area contributed by atoms with Crippen LogP contribution in [0.15, 0.2) is 22.6 Å². The first-order valence-electron chi connectivity index (χ1n) is 8.83. The van der Waals surface area contributed by atoms with E-state index in [2.05, 4.69) is 11.6 Å². The summed E-state index contributed by atoms with van der Waals surface area (Å²) in [5.74, 6) is 0.406. The van der Waals surface area contributed by atoms with Crippen molar-refractivity contribution in [1.82, 2.24) is 14.5 Å². The quantitative estimate of drug-likeness (QED) is 0.577. The van der Waals surface area contributed by atoms with Gasteiger partial charge in [-0.1, -0.05) is 17.8 Å². The van der Waals surface area contributed by atoms with Gasteiger partial charge in [0.2, 0.25) is 11.3 Å². The number of hydrogen-bond donors (Lipinski definition) is 0. The molecule has 0 unspecified atom stereocenters. The molecule has 0 bridgehead atoms. The fraction of sp³-hybridized carbons (Fsp3) is 0.500. The van der Waals surface area contributed by atoms with Crippen molar-refractivity contribution in [3.8, 4) is 0 Å². The van der Waals surface area contributed by atoms with Gasteiger partial charge in [0.25, 0.3) is 0 Å². The van der Waals surface area contributed by atoms with Crippen LogP contribution in [-0.2, 0) is 28.9 Å². The van der Waals surface area contributed by atoms with E-state index in [0.29, 0.717) is 44.1 Å². The highest BCUT2D eigenvalue weighted by atomic mass is 32.2. The summed E-state index contributed by atoms with van der Waals surface area (Å²) in [6.45, 7) is 6.88. The van der Waals surface area contributed by atoms with Crippen LogP contribution in [0.25, 0.3) is 10.3 Å². The molecule has 0 aromatic carbocycles. The maximum atomic E-state index is 12.8. The van der Waals surface area contributed by atoms with Crippen LogP contribution >= 0.6 is 23.1 Å². The van der Waals surface area contributed by atoms with Gasteiger partial charge in [-0.05, 0) is 19.3 Å². The number of allylic oxidation sites excluding steroid dienone is 1. The van der Waals surface area contributed by atoms with E-state index >= 15 is 0 Å². The Morgan fingerprint density at radius 1 is 1.35 bits per heavy atom. The Labute approximate surface area is 159 Å². The fourth-order valence-electron chi connectivity index (χ4n) is 3.43. The summed E-state index contributed by atoms with van der Waals surface area (Å²) in [5, 5.41) is 0.721. The average Bonchev–Trinajstić information content (AvgIpc) is 3.27. The summed E-state index contributed by atoms with van der Waals surface area (Å²) in [4.78, 5) is 33.7. The van der Waals surface area contributed by atoms with Gasteiger partial charge in [-0.25, -0.2) is 4.98 Å². The second kappa shape index (κ2) is 7.54. The van der Waals surface area contributed by atoms with E-state index in [4.69, 9.17) is 4.74 Å². The average molecular weight is 392 g/mol. The second-order valence-corrected chi connectivity index (χ2v) is 8.44. The van der Waals surface area contributed by atoms with Gasteiger partial charge in [-0.2, -0.15) is 0 Å². The molecule has 2 aliphatic rings. The molecule has 0 atom stereocenters. The van der Waals surface area contributed by atoms with Gasteiger partial charge < -0.3 is 14.2 Å². The third-order valence-corrected chi connectivity index (χ3v) is 7.03. The summed E-state index contributed by atoms with van der Waals surface area (Å²) >= 11 is 3.07. The predicted molar refractivity (Wildman–Crippen MR) is 104 cm³/mol. The number of aryl methyl sites for hydroxylation is 1. The number of ether oxygens (including phenoxy) is 1. The Bertz CT molecular complexity index is 913. The molecule has 1 aliphatic carbocycles. The second-order valence-electron chi connectivity index (χ2n) is 6.42. The third-order valence-electron chi connectivity index (χ3n) is 4.76. The van der Waals surface area contributed by atoms with Crippen molar-refractivity contribution in [1.29, 1.82) is 0 Å². The lowest BCUT2D eigenvalue weighted by Crippen LogP contribution is -2.41. The van der Waals surface area contributed by atoms with Gasteiger partial charge in [0.15, 0.2) is 5.16 Å². The standard InChI is InChI=1S/C18H21N3O3S2/c1-2-6-21-17-15(16(23)12-4-3-5-13(12)26-17)19-18(21)25-11-14(22)20-7-9-24-10-8-20/h2H,1,3-11H2. The van der Waals surface area contributed by atoms with Crippen LogP contribution < -0.4 is 5.43 Å². The van der Waals surface area contributed by atoms with Crippen LogP contribution in [0, 0.1) is 0 Å². The van der Waals surface area contributed by atoms with Gasteiger partial charge in [0.05, 0.1) is 19.0 Å². The number of thioether (sulfide) groups is 1. The number of rotatable bonds is 5. The molecule has 0 radical (unpaired) electrons. The smallest absolute Gasteiger partial charge is 0.233 e. The summed E-state index contributed by atoms with van der Waals surface area (Å²) in [6.07, 6.45) is 4.68. The van der Waals surface area contributed by atoms with E-state index in [-0.39, 0.29) is 11.3 Å². The van der Waals surface area contributed by atoms with Crippen molar-refractivity contribution in [2.24, 2.45) is 0 Å². The van der Waals surface area contributed by atoms with Crippen LogP contribution in [0.3, 0.4) is 0 Å². The number of morpholine rings is 1. The van der Waals surface area contributed by atoms with Crippen LogP contribution in [0.2, 0.25) is 0 Å². The van der Waals surface area contributed by atoms with E-state index in [1.807, 2.05) is 9.47 Å². The van der Waals surface area contributed by atoms with E-state index < -0.39 is 0 Å². The molecule has 1 aliphatic heterocycles. The van der Waals surface area contributed by atoms with Crippen molar-refractivity contribution >= 4 is 39.4 Å². The van der Waals surface area contributed by atoms with Crippen LogP contribution in [0.4, 0.5) is 0 Å². The number of fused-ring (bicyclic) bond motifs is 2. The summed E-state index contributed by atoms with van der Waals surface area (Å²) in [7, 11) is 0. The minimum Gasteiger partial charge on any atom is -0.378 e. The number of carbonyl (C=O) groups excluding carboxylic acids is 1. The van der Waals surface area contributed by atoms with Crippen LogP contribution in [0.1, 0.15) is 16.9 Å². The molecule has 26 heavy (non-hydrogen) atoms.